The first-order chi connectivity index (χ1) is 22.1. The minimum absolute atomic E-state index is 0. The molecule has 0 radical (unpaired) electrons. The van der Waals surface area contributed by atoms with Gasteiger partial charge >= 0.3 is 11.9 Å². The molecule has 0 unspecified atom stereocenters. The summed E-state index contributed by atoms with van der Waals surface area (Å²) in [4.78, 5) is 28.5. The fourth-order valence-electron chi connectivity index (χ4n) is 5.58. The van der Waals surface area contributed by atoms with Crippen molar-refractivity contribution >= 4 is 25.4 Å². The van der Waals surface area contributed by atoms with Crippen molar-refractivity contribution in [3.05, 3.63) is 137 Å². The summed E-state index contributed by atoms with van der Waals surface area (Å²) >= 11 is 0. The van der Waals surface area contributed by atoms with Gasteiger partial charge in [0.15, 0.2) is 0 Å². The van der Waals surface area contributed by atoms with E-state index in [1.54, 1.807) is 60.7 Å². The minimum Gasteiger partial charge on any atom is -0.489 e. The Morgan fingerprint density at radius 1 is 0.787 bits per heavy atom. The van der Waals surface area contributed by atoms with Crippen LogP contribution in [-0.4, -0.2) is 47.2 Å². The highest BCUT2D eigenvalue weighted by Crippen LogP contribution is 2.34. The van der Waals surface area contributed by atoms with Crippen molar-refractivity contribution in [1.29, 1.82) is 0 Å². The first-order valence-electron chi connectivity index (χ1n) is 15.9. The van der Waals surface area contributed by atoms with Gasteiger partial charge < -0.3 is 19.3 Å². The van der Waals surface area contributed by atoms with Crippen LogP contribution in [0, 0.1) is 5.92 Å². The number of hydrogen-bond acceptors (Lipinski definition) is 7. The first-order valence-corrected chi connectivity index (χ1v) is 15.9. The van der Waals surface area contributed by atoms with Crippen molar-refractivity contribution in [2.24, 2.45) is 5.92 Å². The third kappa shape index (κ3) is 9.70. The molecule has 0 bridgehead atoms. The molecule has 0 aromatic heterocycles. The summed E-state index contributed by atoms with van der Waals surface area (Å²) in [6.07, 6.45) is 1.85. The summed E-state index contributed by atoms with van der Waals surface area (Å²) in [6, 6.07) is 33.2. The molecule has 4 aromatic carbocycles. The highest BCUT2D eigenvalue weighted by molar-refractivity contribution is 7.59. The maximum absolute atomic E-state index is 13.7. The van der Waals surface area contributed by atoms with E-state index in [9.17, 15) is 14.7 Å². The second-order valence-electron chi connectivity index (χ2n) is 12.9. The predicted molar refractivity (Wildman–Crippen MR) is 188 cm³/mol. The summed E-state index contributed by atoms with van der Waals surface area (Å²) in [5, 5.41) is 12.0. The smallest absolute Gasteiger partial charge is 0.347 e. The SMILES string of the molecule is CC(C)(C)OC(=O)c1ccc(COc2cccc([C@](O)(C(=O)OCC3CCN(Cc4ccccc4)CC3)c3ccccc3)c2)cc1.S. The summed E-state index contributed by atoms with van der Waals surface area (Å²) in [5.74, 6) is -0.373. The highest BCUT2D eigenvalue weighted by Gasteiger charge is 2.42. The summed E-state index contributed by atoms with van der Waals surface area (Å²) < 4.78 is 17.3. The zero-order valence-electron chi connectivity index (χ0n) is 27.4. The van der Waals surface area contributed by atoms with Crippen molar-refractivity contribution in [3.63, 3.8) is 0 Å². The molecule has 5 rings (SSSR count). The molecular formula is C39H45NO6S. The van der Waals surface area contributed by atoms with E-state index in [4.69, 9.17) is 14.2 Å². The maximum Gasteiger partial charge on any atom is 0.347 e. The number of aliphatic hydroxyl groups is 1. The number of likely N-dealkylation sites (tertiary alicyclic amines) is 1. The molecule has 8 heteroatoms. The number of nitrogens with zero attached hydrogens (tertiary/aromatic N) is 1. The number of carbonyl (C=O) groups is 2. The standard InChI is InChI=1S/C39H43NO6.H2S/c1-38(2,3)46-36(41)32-19-17-30(18-20-32)27-44-35-16-10-15-34(25-35)39(43,33-13-8-5-9-14-33)37(42)45-28-31-21-23-40(24-22-31)26-29-11-6-4-7-12-29;/h4-20,25,31,43H,21-24,26-28H2,1-3H3;1H2/t39-;/m0./s1. The van der Waals surface area contributed by atoms with Gasteiger partial charge in [-0.3, -0.25) is 4.90 Å². The number of rotatable bonds is 11. The lowest BCUT2D eigenvalue weighted by Crippen LogP contribution is -2.40. The van der Waals surface area contributed by atoms with Crippen molar-refractivity contribution in [1.82, 2.24) is 4.90 Å². The topological polar surface area (TPSA) is 85.3 Å². The second kappa shape index (κ2) is 16.1. The number of carbonyl (C=O) groups excluding carboxylic acids is 2. The van der Waals surface area contributed by atoms with E-state index in [1.807, 2.05) is 45.0 Å². The van der Waals surface area contributed by atoms with Crippen LogP contribution in [-0.2, 0) is 33.0 Å². The number of piperidine rings is 1. The zero-order valence-corrected chi connectivity index (χ0v) is 28.4. The molecular weight excluding hydrogens is 610 g/mol. The molecule has 1 aliphatic rings. The van der Waals surface area contributed by atoms with Gasteiger partial charge in [-0.15, -0.1) is 0 Å². The molecule has 248 valence electrons. The molecule has 1 heterocycles. The quantitative estimate of drug-likeness (QED) is 0.174. The van der Waals surface area contributed by atoms with E-state index in [-0.39, 0.29) is 38.6 Å². The lowest BCUT2D eigenvalue weighted by Gasteiger charge is -2.33. The van der Waals surface area contributed by atoms with Crippen LogP contribution < -0.4 is 4.74 Å². The molecule has 1 aliphatic heterocycles. The van der Waals surface area contributed by atoms with Gasteiger partial charge in [0.05, 0.1) is 12.2 Å². The van der Waals surface area contributed by atoms with Crippen LogP contribution >= 0.6 is 13.5 Å². The molecule has 4 aromatic rings. The summed E-state index contributed by atoms with van der Waals surface area (Å²) in [7, 11) is 0. The van der Waals surface area contributed by atoms with E-state index in [2.05, 4.69) is 29.2 Å². The van der Waals surface area contributed by atoms with E-state index in [1.165, 1.54) is 5.56 Å². The molecule has 1 saturated heterocycles. The summed E-state index contributed by atoms with van der Waals surface area (Å²) in [6.45, 7) is 8.76. The lowest BCUT2D eigenvalue weighted by molar-refractivity contribution is -0.164. The zero-order chi connectivity index (χ0) is 32.6. The third-order valence-corrected chi connectivity index (χ3v) is 8.14. The number of ether oxygens (including phenoxy) is 3. The fraction of sp³-hybridized carbons (Fsp3) is 0.333. The van der Waals surface area contributed by atoms with Crippen molar-refractivity contribution in [3.8, 4) is 5.75 Å². The van der Waals surface area contributed by atoms with Gasteiger partial charge in [-0.2, -0.15) is 13.5 Å². The number of esters is 2. The normalized spacial score (nSPS) is 15.1. The third-order valence-electron chi connectivity index (χ3n) is 8.14. The Morgan fingerprint density at radius 2 is 1.40 bits per heavy atom. The van der Waals surface area contributed by atoms with Gasteiger partial charge in [-0.05, 0) is 93.6 Å². The van der Waals surface area contributed by atoms with E-state index in [0.29, 0.717) is 22.4 Å². The van der Waals surface area contributed by atoms with Crippen LogP contribution in [0.1, 0.15) is 66.2 Å². The van der Waals surface area contributed by atoms with E-state index < -0.39 is 17.2 Å². The fourth-order valence-corrected chi connectivity index (χ4v) is 5.58. The molecule has 47 heavy (non-hydrogen) atoms. The van der Waals surface area contributed by atoms with Gasteiger partial charge in [0.2, 0.25) is 5.60 Å². The Balaban J connectivity index is 0.00000500. The molecule has 1 atom stereocenters. The molecule has 0 spiro atoms. The molecule has 0 saturated carbocycles. The monoisotopic (exact) mass is 655 g/mol. The Hall–Kier alpha value is -4.11. The Bertz CT molecular complexity index is 1580. The van der Waals surface area contributed by atoms with Gasteiger partial charge in [0, 0.05) is 12.1 Å². The number of benzene rings is 4. The average molecular weight is 656 g/mol. The molecule has 0 amide bonds. The molecule has 7 nitrogen and oxygen atoms in total. The maximum atomic E-state index is 13.7. The highest BCUT2D eigenvalue weighted by atomic mass is 32.1. The van der Waals surface area contributed by atoms with Crippen molar-refractivity contribution < 1.29 is 28.9 Å². The van der Waals surface area contributed by atoms with Gasteiger partial charge in [-0.25, -0.2) is 9.59 Å². The second-order valence-corrected chi connectivity index (χ2v) is 12.9. The van der Waals surface area contributed by atoms with Crippen molar-refractivity contribution in [2.75, 3.05) is 19.7 Å². The van der Waals surface area contributed by atoms with Crippen LogP contribution in [0.3, 0.4) is 0 Å². The first kappa shape index (κ1) is 35.7. The van der Waals surface area contributed by atoms with E-state index in [0.717, 1.165) is 38.0 Å². The van der Waals surface area contributed by atoms with Crippen LogP contribution in [0.25, 0.3) is 0 Å². The Labute approximate surface area is 284 Å². The van der Waals surface area contributed by atoms with Crippen LogP contribution in [0.4, 0.5) is 0 Å². The molecule has 1 fully saturated rings. The minimum atomic E-state index is -2.01. The number of hydrogen-bond donors (Lipinski definition) is 1. The molecule has 0 aliphatic carbocycles. The predicted octanol–water partition coefficient (Wildman–Crippen LogP) is 7.03. The van der Waals surface area contributed by atoms with Crippen LogP contribution in [0.5, 0.6) is 5.75 Å². The Kier molecular flexibility index (Phi) is 12.3. The lowest BCUT2D eigenvalue weighted by atomic mass is 9.86. The summed E-state index contributed by atoms with van der Waals surface area (Å²) in [5.41, 5.74) is 0.812. The van der Waals surface area contributed by atoms with Gasteiger partial charge in [-0.1, -0.05) is 84.9 Å². The average Bonchev–Trinajstić information content (AvgIpc) is 3.07. The van der Waals surface area contributed by atoms with Gasteiger partial charge in [0.1, 0.15) is 18.0 Å². The van der Waals surface area contributed by atoms with Crippen molar-refractivity contribution in [2.45, 2.75) is 58.0 Å². The Morgan fingerprint density at radius 3 is 2.04 bits per heavy atom. The van der Waals surface area contributed by atoms with Crippen LogP contribution in [0.15, 0.2) is 109 Å². The van der Waals surface area contributed by atoms with Gasteiger partial charge in [0.25, 0.3) is 0 Å². The van der Waals surface area contributed by atoms with E-state index >= 15 is 0 Å². The molecule has 1 N–H and O–H groups in total. The largest absolute Gasteiger partial charge is 0.489 e. The van der Waals surface area contributed by atoms with Crippen LogP contribution in [0.2, 0.25) is 0 Å².